The number of rotatable bonds is 3. The maximum atomic E-state index is 13.1. The summed E-state index contributed by atoms with van der Waals surface area (Å²) in [7, 11) is 0. The molecule has 0 saturated carbocycles. The van der Waals surface area contributed by atoms with Gasteiger partial charge < -0.3 is 9.84 Å². The van der Waals surface area contributed by atoms with Crippen LogP contribution in [0.5, 0.6) is 11.5 Å². The van der Waals surface area contributed by atoms with E-state index in [0.717, 1.165) is 5.56 Å². The second-order valence-corrected chi connectivity index (χ2v) is 4.32. The van der Waals surface area contributed by atoms with E-state index in [9.17, 15) is 9.18 Å². The minimum Gasteiger partial charge on any atom is -0.478 e. The molecule has 0 spiro atoms. The Bertz CT molecular complexity index is 635. The topological polar surface area (TPSA) is 46.5 Å². The summed E-state index contributed by atoms with van der Waals surface area (Å²) < 4.78 is 18.7. The molecule has 2 aromatic rings. The lowest BCUT2D eigenvalue weighted by Crippen LogP contribution is -2.00. The molecule has 0 unspecified atom stereocenters. The van der Waals surface area contributed by atoms with Crippen molar-refractivity contribution in [2.45, 2.75) is 13.8 Å². The molecule has 2 aromatic carbocycles. The number of ether oxygens (including phenoxy) is 1. The van der Waals surface area contributed by atoms with Crippen molar-refractivity contribution in [3.63, 3.8) is 0 Å². The molecular weight excluding hydrogens is 247 g/mol. The summed E-state index contributed by atoms with van der Waals surface area (Å²) in [5.74, 6) is -0.735. The summed E-state index contributed by atoms with van der Waals surface area (Å²) in [5.41, 5.74) is 1.36. The Morgan fingerprint density at radius 3 is 2.53 bits per heavy atom. The molecule has 0 aliphatic heterocycles. The van der Waals surface area contributed by atoms with Gasteiger partial charge in [-0.25, -0.2) is 9.18 Å². The minimum atomic E-state index is -1.06. The Kier molecular flexibility index (Phi) is 3.51. The highest BCUT2D eigenvalue weighted by Gasteiger charge is 2.12. The number of aryl methyl sites for hydroxylation is 2. The van der Waals surface area contributed by atoms with Gasteiger partial charge in [-0.1, -0.05) is 11.6 Å². The van der Waals surface area contributed by atoms with E-state index in [-0.39, 0.29) is 17.1 Å². The van der Waals surface area contributed by atoms with E-state index < -0.39 is 5.97 Å². The maximum absolute atomic E-state index is 13.1. The standard InChI is InChI=1S/C15H13FO3/c1-9-3-6-14(12(7-9)15(17)18)19-11-4-5-13(16)10(2)8-11/h3-8H,1-2H3,(H,17,18). The molecule has 19 heavy (non-hydrogen) atoms. The lowest BCUT2D eigenvalue weighted by molar-refractivity contribution is 0.0694. The molecule has 0 fully saturated rings. The quantitative estimate of drug-likeness (QED) is 0.909. The van der Waals surface area contributed by atoms with Crippen molar-refractivity contribution in [3.05, 3.63) is 58.9 Å². The number of aromatic carboxylic acids is 1. The van der Waals surface area contributed by atoms with Gasteiger partial charge in [-0.3, -0.25) is 0 Å². The lowest BCUT2D eigenvalue weighted by atomic mass is 10.1. The highest BCUT2D eigenvalue weighted by molar-refractivity contribution is 5.91. The van der Waals surface area contributed by atoms with Crippen LogP contribution in [-0.4, -0.2) is 11.1 Å². The predicted molar refractivity (Wildman–Crippen MR) is 69.3 cm³/mol. The molecule has 1 N–H and O–H groups in total. The lowest BCUT2D eigenvalue weighted by Gasteiger charge is -2.10. The van der Waals surface area contributed by atoms with Crippen molar-refractivity contribution in [1.29, 1.82) is 0 Å². The van der Waals surface area contributed by atoms with Crippen LogP contribution in [0.2, 0.25) is 0 Å². The van der Waals surface area contributed by atoms with E-state index >= 15 is 0 Å². The van der Waals surface area contributed by atoms with Crippen LogP contribution in [0.15, 0.2) is 36.4 Å². The molecule has 0 aliphatic carbocycles. The van der Waals surface area contributed by atoms with E-state index in [1.165, 1.54) is 24.3 Å². The number of benzene rings is 2. The van der Waals surface area contributed by atoms with Crippen molar-refractivity contribution in [1.82, 2.24) is 0 Å². The smallest absolute Gasteiger partial charge is 0.339 e. The van der Waals surface area contributed by atoms with Crippen molar-refractivity contribution in [2.24, 2.45) is 0 Å². The average molecular weight is 260 g/mol. The van der Waals surface area contributed by atoms with Gasteiger partial charge in [0.2, 0.25) is 0 Å². The molecule has 0 aromatic heterocycles. The molecule has 4 heteroatoms. The van der Waals surface area contributed by atoms with Crippen LogP contribution in [0.25, 0.3) is 0 Å². The predicted octanol–water partition coefficient (Wildman–Crippen LogP) is 3.93. The molecule has 0 heterocycles. The van der Waals surface area contributed by atoms with Gasteiger partial charge in [0, 0.05) is 0 Å². The molecule has 2 rings (SSSR count). The number of carboxylic acid groups (broad SMARTS) is 1. The minimum absolute atomic E-state index is 0.0852. The molecule has 0 radical (unpaired) electrons. The summed E-state index contributed by atoms with van der Waals surface area (Å²) >= 11 is 0. The summed E-state index contributed by atoms with van der Waals surface area (Å²) in [6.07, 6.45) is 0. The molecule has 98 valence electrons. The van der Waals surface area contributed by atoms with Crippen LogP contribution in [0.4, 0.5) is 4.39 Å². The van der Waals surface area contributed by atoms with Crippen LogP contribution in [0.1, 0.15) is 21.5 Å². The summed E-state index contributed by atoms with van der Waals surface area (Å²) in [6, 6.07) is 9.18. The van der Waals surface area contributed by atoms with Gasteiger partial charge in [0.25, 0.3) is 0 Å². The normalized spacial score (nSPS) is 10.3. The van der Waals surface area contributed by atoms with E-state index in [4.69, 9.17) is 9.84 Å². The molecule has 0 saturated heterocycles. The van der Waals surface area contributed by atoms with E-state index in [1.807, 2.05) is 0 Å². The monoisotopic (exact) mass is 260 g/mol. The summed E-state index contributed by atoms with van der Waals surface area (Å²) in [4.78, 5) is 11.1. The van der Waals surface area contributed by atoms with Crippen LogP contribution in [-0.2, 0) is 0 Å². The Balaban J connectivity index is 2.37. The third-order valence-electron chi connectivity index (χ3n) is 2.72. The Morgan fingerprint density at radius 2 is 1.89 bits per heavy atom. The molecule has 0 aliphatic rings. The zero-order chi connectivity index (χ0) is 14.0. The van der Waals surface area contributed by atoms with Crippen molar-refractivity contribution >= 4 is 5.97 Å². The molecule has 3 nitrogen and oxygen atoms in total. The number of hydrogen-bond donors (Lipinski definition) is 1. The summed E-state index contributed by atoms with van der Waals surface area (Å²) in [5, 5.41) is 9.13. The third kappa shape index (κ3) is 2.91. The number of halogens is 1. The fraction of sp³-hybridized carbons (Fsp3) is 0.133. The zero-order valence-corrected chi connectivity index (χ0v) is 10.6. The third-order valence-corrected chi connectivity index (χ3v) is 2.72. The first-order valence-corrected chi connectivity index (χ1v) is 5.75. The zero-order valence-electron chi connectivity index (χ0n) is 10.6. The van der Waals surface area contributed by atoms with E-state index in [0.29, 0.717) is 11.3 Å². The SMILES string of the molecule is Cc1ccc(Oc2ccc(F)c(C)c2)c(C(=O)O)c1. The van der Waals surface area contributed by atoms with Crippen molar-refractivity contribution in [2.75, 3.05) is 0 Å². The van der Waals surface area contributed by atoms with Crippen LogP contribution in [0, 0.1) is 19.7 Å². The van der Waals surface area contributed by atoms with Gasteiger partial charge in [0.1, 0.15) is 22.9 Å². The largest absolute Gasteiger partial charge is 0.478 e. The second-order valence-electron chi connectivity index (χ2n) is 4.32. The van der Waals surface area contributed by atoms with Gasteiger partial charge >= 0.3 is 5.97 Å². The fourth-order valence-electron chi connectivity index (χ4n) is 1.71. The number of carbonyl (C=O) groups is 1. The Morgan fingerprint density at radius 1 is 1.16 bits per heavy atom. The molecule has 0 bridgehead atoms. The highest BCUT2D eigenvalue weighted by Crippen LogP contribution is 2.27. The van der Waals surface area contributed by atoms with Gasteiger partial charge in [-0.2, -0.15) is 0 Å². The number of hydrogen-bond acceptors (Lipinski definition) is 2. The molecular formula is C15H13FO3. The first-order chi connectivity index (χ1) is 8.97. The van der Waals surface area contributed by atoms with Gasteiger partial charge in [-0.15, -0.1) is 0 Å². The van der Waals surface area contributed by atoms with Crippen molar-refractivity contribution < 1.29 is 19.0 Å². The first-order valence-electron chi connectivity index (χ1n) is 5.75. The fourth-order valence-corrected chi connectivity index (χ4v) is 1.71. The van der Waals surface area contributed by atoms with Crippen LogP contribution >= 0.6 is 0 Å². The number of carboxylic acids is 1. The van der Waals surface area contributed by atoms with E-state index in [2.05, 4.69) is 0 Å². The molecule has 0 atom stereocenters. The second kappa shape index (κ2) is 5.10. The Hall–Kier alpha value is -2.36. The van der Waals surface area contributed by atoms with Gasteiger partial charge in [0.05, 0.1) is 0 Å². The van der Waals surface area contributed by atoms with Gasteiger partial charge in [-0.05, 0) is 49.7 Å². The maximum Gasteiger partial charge on any atom is 0.339 e. The van der Waals surface area contributed by atoms with Gasteiger partial charge in [0.15, 0.2) is 0 Å². The van der Waals surface area contributed by atoms with Crippen LogP contribution in [0.3, 0.4) is 0 Å². The first kappa shape index (κ1) is 13.1. The highest BCUT2D eigenvalue weighted by atomic mass is 19.1. The van der Waals surface area contributed by atoms with E-state index in [1.54, 1.807) is 26.0 Å². The average Bonchev–Trinajstić information content (AvgIpc) is 2.36. The van der Waals surface area contributed by atoms with Crippen molar-refractivity contribution in [3.8, 4) is 11.5 Å². The molecule has 0 amide bonds. The summed E-state index contributed by atoms with van der Waals surface area (Å²) in [6.45, 7) is 3.42. The van der Waals surface area contributed by atoms with Crippen LogP contribution < -0.4 is 4.74 Å². The Labute approximate surface area is 110 Å².